The van der Waals surface area contributed by atoms with Crippen LogP contribution in [-0.4, -0.2) is 4.98 Å². The fraction of sp³-hybridized carbons (Fsp3) is 0.0833. The van der Waals surface area contributed by atoms with Gasteiger partial charge in [0.1, 0.15) is 5.69 Å². The molecule has 0 amide bonds. The maximum Gasteiger partial charge on any atom is 0.431 e. The topological polar surface area (TPSA) is 32.9 Å². The molecule has 0 saturated carbocycles. The van der Waals surface area contributed by atoms with E-state index in [0.717, 1.165) is 6.07 Å². The summed E-state index contributed by atoms with van der Waals surface area (Å²) in [5, 5.41) is 0.497. The first-order valence-corrected chi connectivity index (χ1v) is 5.80. The molecule has 0 spiro atoms. The quantitative estimate of drug-likeness (QED) is 0.834. The van der Waals surface area contributed by atoms with E-state index in [4.69, 9.17) is 23.2 Å². The number of hydrogen-bond donors (Lipinski definition) is 1. The van der Waals surface area contributed by atoms with Crippen LogP contribution in [0.1, 0.15) is 5.69 Å². The van der Waals surface area contributed by atoms with Crippen LogP contribution < -0.4 is 5.43 Å². The monoisotopic (exact) mass is 307 g/mol. The van der Waals surface area contributed by atoms with Crippen LogP contribution in [0.3, 0.4) is 0 Å². The van der Waals surface area contributed by atoms with E-state index in [1.807, 2.05) is 0 Å². The molecule has 0 aliphatic heterocycles. The number of pyridine rings is 1. The third-order valence-electron chi connectivity index (χ3n) is 2.37. The van der Waals surface area contributed by atoms with E-state index in [2.05, 4.69) is 4.98 Å². The van der Waals surface area contributed by atoms with Gasteiger partial charge in [-0.2, -0.15) is 13.2 Å². The maximum absolute atomic E-state index is 12.6. The Morgan fingerprint density at radius 2 is 1.74 bits per heavy atom. The number of alkyl halides is 3. The average Bonchev–Trinajstić information content (AvgIpc) is 2.30. The number of hydrogen-bond acceptors (Lipinski definition) is 1. The van der Waals surface area contributed by atoms with Gasteiger partial charge in [-0.1, -0.05) is 23.2 Å². The van der Waals surface area contributed by atoms with Crippen molar-refractivity contribution in [2.24, 2.45) is 0 Å². The Labute approximate surface area is 115 Å². The summed E-state index contributed by atoms with van der Waals surface area (Å²) in [6.07, 6.45) is -4.64. The van der Waals surface area contributed by atoms with Crippen molar-refractivity contribution in [2.45, 2.75) is 6.18 Å². The molecule has 2 aromatic rings. The van der Waals surface area contributed by atoms with Gasteiger partial charge < -0.3 is 4.98 Å². The molecule has 0 bridgehead atoms. The normalized spacial score (nSPS) is 11.6. The predicted molar refractivity (Wildman–Crippen MR) is 67.5 cm³/mol. The van der Waals surface area contributed by atoms with Gasteiger partial charge in [-0.15, -0.1) is 0 Å². The van der Waals surface area contributed by atoms with Crippen molar-refractivity contribution in [1.29, 1.82) is 0 Å². The van der Waals surface area contributed by atoms with Crippen LogP contribution in [0.2, 0.25) is 10.0 Å². The fourth-order valence-corrected chi connectivity index (χ4v) is 1.94. The fourth-order valence-electron chi connectivity index (χ4n) is 1.55. The number of H-pyrrole nitrogens is 1. The third-order valence-corrected chi connectivity index (χ3v) is 2.93. The van der Waals surface area contributed by atoms with Crippen molar-refractivity contribution in [3.8, 4) is 11.3 Å². The molecule has 0 unspecified atom stereocenters. The minimum absolute atomic E-state index is 0.0349. The van der Waals surface area contributed by atoms with Gasteiger partial charge in [0, 0.05) is 27.7 Å². The second-order valence-electron chi connectivity index (χ2n) is 3.77. The summed E-state index contributed by atoms with van der Waals surface area (Å²) in [6.45, 7) is 0. The van der Waals surface area contributed by atoms with Gasteiger partial charge in [-0.25, -0.2) is 0 Å². The first kappa shape index (κ1) is 14.0. The molecule has 0 fully saturated rings. The molecule has 2 nitrogen and oxygen atoms in total. The van der Waals surface area contributed by atoms with E-state index in [-0.39, 0.29) is 16.3 Å². The second-order valence-corrected chi connectivity index (χ2v) is 4.61. The zero-order chi connectivity index (χ0) is 14.2. The lowest BCUT2D eigenvalue weighted by Crippen LogP contribution is -2.13. The Kier molecular flexibility index (Phi) is 3.60. The lowest BCUT2D eigenvalue weighted by atomic mass is 10.1. The molecule has 1 aromatic carbocycles. The first-order chi connectivity index (χ1) is 8.77. The lowest BCUT2D eigenvalue weighted by Gasteiger charge is -2.10. The Morgan fingerprint density at radius 1 is 1.05 bits per heavy atom. The van der Waals surface area contributed by atoms with E-state index >= 15 is 0 Å². The van der Waals surface area contributed by atoms with Crippen LogP contribution in [0, 0.1) is 0 Å². The summed E-state index contributed by atoms with van der Waals surface area (Å²) in [4.78, 5) is 13.5. The molecule has 0 atom stereocenters. The molecule has 0 saturated heterocycles. The van der Waals surface area contributed by atoms with Crippen molar-refractivity contribution in [3.63, 3.8) is 0 Å². The number of aromatic nitrogens is 1. The average molecular weight is 308 g/mol. The molecule has 1 N–H and O–H groups in total. The van der Waals surface area contributed by atoms with E-state index in [1.165, 1.54) is 18.2 Å². The number of benzene rings is 1. The van der Waals surface area contributed by atoms with Crippen molar-refractivity contribution in [1.82, 2.24) is 4.98 Å². The van der Waals surface area contributed by atoms with Gasteiger partial charge in [0.25, 0.3) is 0 Å². The maximum atomic E-state index is 12.6. The molecule has 2 rings (SSSR count). The highest BCUT2D eigenvalue weighted by molar-refractivity contribution is 6.35. The molecule has 0 aliphatic carbocycles. The van der Waals surface area contributed by atoms with Crippen LogP contribution >= 0.6 is 23.2 Å². The van der Waals surface area contributed by atoms with E-state index < -0.39 is 17.3 Å². The summed E-state index contributed by atoms with van der Waals surface area (Å²) in [5.41, 5.74) is -1.70. The minimum Gasteiger partial charge on any atom is -0.351 e. The van der Waals surface area contributed by atoms with Crippen LogP contribution in [0.25, 0.3) is 11.3 Å². The molecule has 1 heterocycles. The standard InChI is InChI=1S/C12H6Cl2F3NO/c13-6-1-2-9(14)8(3-6)10-4-7(19)5-11(18-10)12(15,16)17/h1-5H,(H,18,19). The molecule has 0 aliphatic rings. The number of nitrogens with one attached hydrogen (secondary N) is 1. The summed E-state index contributed by atoms with van der Waals surface area (Å²) >= 11 is 11.7. The summed E-state index contributed by atoms with van der Waals surface area (Å²) in [6, 6.07) is 5.85. The highest BCUT2D eigenvalue weighted by Gasteiger charge is 2.32. The Hall–Kier alpha value is -1.46. The first-order valence-electron chi connectivity index (χ1n) is 5.04. The van der Waals surface area contributed by atoms with Crippen LogP contribution in [0.5, 0.6) is 0 Å². The van der Waals surface area contributed by atoms with Crippen molar-refractivity contribution >= 4 is 23.2 Å². The van der Waals surface area contributed by atoms with E-state index in [0.29, 0.717) is 11.1 Å². The molecular formula is C12H6Cl2F3NO. The van der Waals surface area contributed by atoms with Gasteiger partial charge in [0.15, 0.2) is 5.43 Å². The smallest absolute Gasteiger partial charge is 0.351 e. The van der Waals surface area contributed by atoms with Gasteiger partial charge in [-0.3, -0.25) is 4.79 Å². The SMILES string of the molecule is O=c1cc(-c2cc(Cl)ccc2Cl)[nH]c(C(F)(F)F)c1. The summed E-state index contributed by atoms with van der Waals surface area (Å²) in [7, 11) is 0. The van der Waals surface area contributed by atoms with Crippen molar-refractivity contribution in [3.05, 3.63) is 56.3 Å². The molecular weight excluding hydrogens is 302 g/mol. The largest absolute Gasteiger partial charge is 0.431 e. The zero-order valence-corrected chi connectivity index (χ0v) is 10.7. The van der Waals surface area contributed by atoms with E-state index in [1.54, 1.807) is 0 Å². The Morgan fingerprint density at radius 3 is 2.37 bits per heavy atom. The second kappa shape index (κ2) is 4.90. The summed E-state index contributed by atoms with van der Waals surface area (Å²) in [5.74, 6) is 0. The van der Waals surface area contributed by atoms with Crippen molar-refractivity contribution in [2.75, 3.05) is 0 Å². The highest BCUT2D eigenvalue weighted by atomic mass is 35.5. The van der Waals surface area contributed by atoms with Gasteiger partial charge >= 0.3 is 6.18 Å². The Bertz CT molecular complexity index is 679. The van der Waals surface area contributed by atoms with E-state index in [9.17, 15) is 18.0 Å². The van der Waals surface area contributed by atoms with Gasteiger partial charge in [-0.05, 0) is 18.2 Å². The van der Waals surface area contributed by atoms with Gasteiger partial charge in [0.05, 0.1) is 5.69 Å². The molecule has 7 heteroatoms. The molecule has 100 valence electrons. The third kappa shape index (κ3) is 3.11. The number of rotatable bonds is 1. The van der Waals surface area contributed by atoms with Crippen LogP contribution in [0.15, 0.2) is 35.1 Å². The van der Waals surface area contributed by atoms with Crippen LogP contribution in [-0.2, 0) is 6.18 Å². The molecule has 0 radical (unpaired) electrons. The number of halogens is 5. The zero-order valence-electron chi connectivity index (χ0n) is 9.18. The minimum atomic E-state index is -4.64. The molecule has 1 aromatic heterocycles. The van der Waals surface area contributed by atoms with Crippen molar-refractivity contribution < 1.29 is 13.2 Å². The summed E-state index contributed by atoms with van der Waals surface area (Å²) < 4.78 is 37.8. The lowest BCUT2D eigenvalue weighted by molar-refractivity contribution is -0.141. The Balaban J connectivity index is 2.66. The molecule has 19 heavy (non-hydrogen) atoms. The predicted octanol–water partition coefficient (Wildman–Crippen LogP) is 4.37. The van der Waals surface area contributed by atoms with Crippen LogP contribution in [0.4, 0.5) is 13.2 Å². The highest BCUT2D eigenvalue weighted by Crippen LogP contribution is 2.32. The van der Waals surface area contributed by atoms with Gasteiger partial charge in [0.2, 0.25) is 0 Å². The number of aromatic amines is 1.